The monoisotopic (exact) mass is 409 g/mol. The number of anilines is 2. The molecular weight excluding hydrogens is 382 g/mol. The van der Waals surface area contributed by atoms with Gasteiger partial charge in [0, 0.05) is 18.2 Å². The lowest BCUT2D eigenvalue weighted by Gasteiger charge is -2.31. The van der Waals surface area contributed by atoms with Gasteiger partial charge in [0.1, 0.15) is 16.6 Å². The molecule has 0 unspecified atom stereocenters. The van der Waals surface area contributed by atoms with Gasteiger partial charge in [-0.3, -0.25) is 0 Å². The number of benzene rings is 1. The maximum Gasteiger partial charge on any atom is 0.211 e. The molecule has 3 aromatic rings. The highest BCUT2D eigenvalue weighted by Crippen LogP contribution is 2.28. The van der Waals surface area contributed by atoms with Crippen molar-refractivity contribution >= 4 is 22.3 Å². The van der Waals surface area contributed by atoms with Crippen molar-refractivity contribution in [2.45, 2.75) is 32.1 Å². The van der Waals surface area contributed by atoms with Gasteiger partial charge in [-0.05, 0) is 69.1 Å². The number of aromatic nitrogens is 3. The van der Waals surface area contributed by atoms with Crippen molar-refractivity contribution in [2.75, 3.05) is 32.1 Å². The summed E-state index contributed by atoms with van der Waals surface area (Å²) >= 11 is 1.54. The van der Waals surface area contributed by atoms with Gasteiger partial charge < -0.3 is 15.0 Å². The summed E-state index contributed by atoms with van der Waals surface area (Å²) in [6.07, 6.45) is 3.38. The fraction of sp³-hybridized carbons (Fsp3) is 0.409. The normalized spacial score (nSPS) is 15.4. The van der Waals surface area contributed by atoms with Gasteiger partial charge in [0.2, 0.25) is 5.13 Å². The zero-order chi connectivity index (χ0) is 20.1. The molecule has 0 amide bonds. The second-order valence-electron chi connectivity index (χ2n) is 7.41. The molecule has 1 saturated heterocycles. The predicted octanol–water partition coefficient (Wildman–Crippen LogP) is 4.42. The number of nitrogens with one attached hydrogen (secondary N) is 1. The largest absolute Gasteiger partial charge is 0.497 e. The van der Waals surface area contributed by atoms with Crippen LogP contribution in [-0.4, -0.2) is 46.8 Å². The average molecular weight is 410 g/mol. The summed E-state index contributed by atoms with van der Waals surface area (Å²) in [6.45, 7) is 5.30. The van der Waals surface area contributed by atoms with Crippen molar-refractivity contribution in [3.8, 4) is 5.75 Å². The molecule has 152 valence electrons. The van der Waals surface area contributed by atoms with Crippen LogP contribution in [0.25, 0.3) is 0 Å². The molecule has 2 aromatic heterocycles. The van der Waals surface area contributed by atoms with Crippen molar-refractivity contribution in [3.05, 3.63) is 58.7 Å². The number of hydrogen-bond donors (Lipinski definition) is 1. The van der Waals surface area contributed by atoms with Crippen molar-refractivity contribution in [1.29, 1.82) is 0 Å². The van der Waals surface area contributed by atoms with Crippen LogP contribution < -0.4 is 10.1 Å². The van der Waals surface area contributed by atoms with Gasteiger partial charge in [0.05, 0.1) is 7.11 Å². The third-order valence-electron chi connectivity index (χ3n) is 5.41. The minimum atomic E-state index is 0.519. The molecule has 1 aromatic carbocycles. The number of piperidine rings is 1. The maximum absolute atomic E-state index is 5.23. The van der Waals surface area contributed by atoms with E-state index in [1.807, 2.05) is 25.1 Å². The molecule has 0 aliphatic carbocycles. The zero-order valence-electron chi connectivity index (χ0n) is 17.0. The van der Waals surface area contributed by atoms with Crippen molar-refractivity contribution in [3.63, 3.8) is 0 Å². The van der Waals surface area contributed by atoms with Gasteiger partial charge in [-0.25, -0.2) is 4.98 Å². The molecule has 0 bridgehead atoms. The average Bonchev–Trinajstić information content (AvgIpc) is 3.17. The summed E-state index contributed by atoms with van der Waals surface area (Å²) in [6, 6.07) is 14.6. The molecular formula is C22H27N5OS. The summed E-state index contributed by atoms with van der Waals surface area (Å²) in [4.78, 5) is 7.40. The van der Waals surface area contributed by atoms with E-state index in [1.54, 1.807) is 18.4 Å². The van der Waals surface area contributed by atoms with Crippen LogP contribution in [0.3, 0.4) is 0 Å². The lowest BCUT2D eigenvalue weighted by atomic mass is 9.93. The van der Waals surface area contributed by atoms with E-state index in [9.17, 15) is 0 Å². The Labute approximate surface area is 176 Å². The lowest BCUT2D eigenvalue weighted by molar-refractivity contribution is 0.213. The van der Waals surface area contributed by atoms with Crippen molar-refractivity contribution < 1.29 is 4.74 Å². The Balaban J connectivity index is 1.28. The Morgan fingerprint density at radius 3 is 2.59 bits per heavy atom. The van der Waals surface area contributed by atoms with Gasteiger partial charge in [0.15, 0.2) is 0 Å². The lowest BCUT2D eigenvalue weighted by Crippen LogP contribution is -2.34. The van der Waals surface area contributed by atoms with E-state index in [1.165, 1.54) is 11.3 Å². The standard InChI is InChI=1S/C22H27N5OS/c1-16-25-26-22(29-16)24-21-5-3-4-20(23-21)18-11-14-27(15-12-18)13-10-17-6-8-19(28-2)9-7-17/h3-9,18H,10-15H2,1-2H3,(H,23,24,26). The van der Waals surface area contributed by atoms with E-state index in [0.717, 1.165) is 60.6 Å². The Hall–Kier alpha value is -2.51. The summed E-state index contributed by atoms with van der Waals surface area (Å²) in [7, 11) is 1.71. The van der Waals surface area contributed by atoms with E-state index >= 15 is 0 Å². The first-order valence-corrected chi connectivity index (χ1v) is 10.9. The van der Waals surface area contributed by atoms with E-state index in [-0.39, 0.29) is 0 Å². The van der Waals surface area contributed by atoms with Crippen LogP contribution in [0.4, 0.5) is 10.9 Å². The summed E-state index contributed by atoms with van der Waals surface area (Å²) < 4.78 is 5.23. The summed E-state index contributed by atoms with van der Waals surface area (Å²) in [5, 5.41) is 13.2. The van der Waals surface area contributed by atoms with Gasteiger partial charge in [-0.15, -0.1) is 10.2 Å². The molecule has 1 N–H and O–H groups in total. The molecule has 0 atom stereocenters. The smallest absolute Gasteiger partial charge is 0.211 e. The Morgan fingerprint density at radius 2 is 1.90 bits per heavy atom. The molecule has 7 heteroatoms. The molecule has 1 fully saturated rings. The predicted molar refractivity (Wildman–Crippen MR) is 117 cm³/mol. The quantitative estimate of drug-likeness (QED) is 0.623. The molecule has 4 rings (SSSR count). The van der Waals surface area contributed by atoms with Gasteiger partial charge in [0.25, 0.3) is 0 Å². The molecule has 0 radical (unpaired) electrons. The van der Waals surface area contributed by atoms with E-state index in [4.69, 9.17) is 9.72 Å². The first kappa shape index (κ1) is 19.8. The highest BCUT2D eigenvalue weighted by Gasteiger charge is 2.21. The van der Waals surface area contributed by atoms with Crippen LogP contribution in [-0.2, 0) is 6.42 Å². The van der Waals surface area contributed by atoms with E-state index in [0.29, 0.717) is 5.92 Å². The van der Waals surface area contributed by atoms with Crippen LogP contribution in [0.1, 0.15) is 35.0 Å². The number of aryl methyl sites for hydroxylation is 1. The number of methoxy groups -OCH3 is 1. The van der Waals surface area contributed by atoms with Crippen molar-refractivity contribution in [2.24, 2.45) is 0 Å². The number of nitrogens with zero attached hydrogens (tertiary/aromatic N) is 4. The van der Waals surface area contributed by atoms with Gasteiger partial charge in [-0.1, -0.05) is 29.5 Å². The highest BCUT2D eigenvalue weighted by atomic mass is 32.1. The molecule has 1 aliphatic rings. The highest BCUT2D eigenvalue weighted by molar-refractivity contribution is 7.15. The van der Waals surface area contributed by atoms with Crippen LogP contribution in [0, 0.1) is 6.92 Å². The van der Waals surface area contributed by atoms with E-state index in [2.05, 4.69) is 44.7 Å². The number of hydrogen-bond acceptors (Lipinski definition) is 7. The number of likely N-dealkylation sites (tertiary alicyclic amines) is 1. The van der Waals surface area contributed by atoms with E-state index < -0.39 is 0 Å². The maximum atomic E-state index is 5.23. The molecule has 0 spiro atoms. The fourth-order valence-corrected chi connectivity index (χ4v) is 4.34. The third kappa shape index (κ3) is 5.31. The Morgan fingerprint density at radius 1 is 1.10 bits per heavy atom. The van der Waals surface area contributed by atoms with Gasteiger partial charge in [-0.2, -0.15) is 0 Å². The Kier molecular flexibility index (Phi) is 6.36. The number of rotatable bonds is 7. The summed E-state index contributed by atoms with van der Waals surface area (Å²) in [5.74, 6) is 2.28. The number of ether oxygens (including phenoxy) is 1. The molecule has 3 heterocycles. The minimum Gasteiger partial charge on any atom is -0.497 e. The van der Waals surface area contributed by atoms with Gasteiger partial charge >= 0.3 is 0 Å². The third-order valence-corrected chi connectivity index (χ3v) is 6.17. The zero-order valence-corrected chi connectivity index (χ0v) is 17.8. The summed E-state index contributed by atoms with van der Waals surface area (Å²) in [5.41, 5.74) is 2.53. The van der Waals surface area contributed by atoms with Crippen molar-refractivity contribution in [1.82, 2.24) is 20.1 Å². The minimum absolute atomic E-state index is 0.519. The first-order valence-electron chi connectivity index (χ1n) is 10.1. The van der Waals surface area contributed by atoms with Crippen LogP contribution >= 0.6 is 11.3 Å². The Bertz CT molecular complexity index is 919. The molecule has 1 aliphatic heterocycles. The number of pyridine rings is 1. The van der Waals surface area contributed by atoms with Crippen LogP contribution in [0.15, 0.2) is 42.5 Å². The molecule has 0 saturated carbocycles. The van der Waals surface area contributed by atoms with Crippen LogP contribution in [0.5, 0.6) is 5.75 Å². The van der Waals surface area contributed by atoms with Crippen LogP contribution in [0.2, 0.25) is 0 Å². The topological polar surface area (TPSA) is 63.2 Å². The second kappa shape index (κ2) is 9.33. The molecule has 29 heavy (non-hydrogen) atoms. The fourth-order valence-electron chi connectivity index (χ4n) is 3.74. The molecule has 6 nitrogen and oxygen atoms in total. The second-order valence-corrected chi connectivity index (χ2v) is 8.59. The first-order chi connectivity index (χ1) is 14.2. The SMILES string of the molecule is COc1ccc(CCN2CCC(c3cccc(Nc4nnc(C)s4)n3)CC2)cc1.